The van der Waals surface area contributed by atoms with Gasteiger partial charge in [-0.25, -0.2) is 0 Å². The van der Waals surface area contributed by atoms with Crippen molar-refractivity contribution in [2.24, 2.45) is 0 Å². The second-order valence-electron chi connectivity index (χ2n) is 5.41. The van der Waals surface area contributed by atoms with Crippen LogP contribution in [0.5, 0.6) is 5.75 Å². The summed E-state index contributed by atoms with van der Waals surface area (Å²) in [4.78, 5) is 13.7. The molecule has 5 heteroatoms. The van der Waals surface area contributed by atoms with Gasteiger partial charge in [-0.2, -0.15) is 5.26 Å². The first kappa shape index (κ1) is 17.6. The number of anilines is 1. The van der Waals surface area contributed by atoms with E-state index in [-0.39, 0.29) is 12.5 Å². The van der Waals surface area contributed by atoms with Gasteiger partial charge in [0.2, 0.25) is 0 Å². The van der Waals surface area contributed by atoms with Gasteiger partial charge in [0.1, 0.15) is 18.4 Å². The third-order valence-electron chi connectivity index (χ3n) is 3.78. The number of benzene rings is 1. The number of ether oxygens (including phenoxy) is 2. The van der Waals surface area contributed by atoms with E-state index < -0.39 is 0 Å². The van der Waals surface area contributed by atoms with Crippen molar-refractivity contribution in [2.45, 2.75) is 26.2 Å². The molecular weight excluding hydrogens is 304 g/mol. The number of carbonyl (C=O) groups excluding carboxylic acids is 1. The lowest BCUT2D eigenvalue weighted by Gasteiger charge is -2.21. The summed E-state index contributed by atoms with van der Waals surface area (Å²) in [5, 5.41) is 9.49. The molecule has 0 spiro atoms. The number of hydrogen-bond donors (Lipinski definition) is 0. The highest BCUT2D eigenvalue weighted by molar-refractivity contribution is 5.77. The fourth-order valence-corrected chi connectivity index (χ4v) is 2.60. The summed E-state index contributed by atoms with van der Waals surface area (Å²) in [7, 11) is 1.59. The van der Waals surface area contributed by atoms with Crippen LogP contribution in [0.2, 0.25) is 0 Å². The van der Waals surface area contributed by atoms with E-state index in [1.807, 2.05) is 24.3 Å². The van der Waals surface area contributed by atoms with Crippen LogP contribution >= 0.6 is 0 Å². The topological polar surface area (TPSA) is 62.6 Å². The van der Waals surface area contributed by atoms with Gasteiger partial charge in [0, 0.05) is 18.0 Å². The molecule has 24 heavy (non-hydrogen) atoms. The lowest BCUT2D eigenvalue weighted by molar-refractivity contribution is -0.141. The Morgan fingerprint density at radius 2 is 2.29 bits per heavy atom. The number of nitrogens with zero attached hydrogens (tertiary/aromatic N) is 2. The summed E-state index contributed by atoms with van der Waals surface area (Å²) < 4.78 is 10.3. The lowest BCUT2D eigenvalue weighted by Crippen LogP contribution is -2.27. The molecule has 0 aliphatic heterocycles. The summed E-state index contributed by atoms with van der Waals surface area (Å²) >= 11 is 0. The molecule has 0 aromatic heterocycles. The first-order valence-corrected chi connectivity index (χ1v) is 8.05. The molecule has 1 aromatic carbocycles. The Hall–Kier alpha value is -2.74. The highest BCUT2D eigenvalue weighted by Crippen LogP contribution is 2.27. The van der Waals surface area contributed by atoms with E-state index in [0.717, 1.165) is 30.5 Å². The van der Waals surface area contributed by atoms with Crippen molar-refractivity contribution in [1.29, 1.82) is 5.26 Å². The summed E-state index contributed by atoms with van der Waals surface area (Å²) in [5.41, 5.74) is 2.39. The SMILES string of the molecule is CCOC(=O)CN(C=C(C#N)C1=CCCC1)c1cccc(OC)c1. The van der Waals surface area contributed by atoms with Crippen molar-refractivity contribution in [1.82, 2.24) is 0 Å². The molecule has 0 saturated carbocycles. The first-order chi connectivity index (χ1) is 11.7. The zero-order chi connectivity index (χ0) is 17.4. The van der Waals surface area contributed by atoms with Gasteiger partial charge in [0.05, 0.1) is 19.3 Å². The van der Waals surface area contributed by atoms with Gasteiger partial charge in [0.25, 0.3) is 0 Å². The largest absolute Gasteiger partial charge is 0.497 e. The van der Waals surface area contributed by atoms with E-state index in [1.54, 1.807) is 25.1 Å². The van der Waals surface area contributed by atoms with E-state index in [2.05, 4.69) is 12.1 Å². The summed E-state index contributed by atoms with van der Waals surface area (Å²) in [6, 6.07) is 9.63. The lowest BCUT2D eigenvalue weighted by atomic mass is 10.1. The Bertz CT molecular complexity index is 686. The van der Waals surface area contributed by atoms with Gasteiger partial charge < -0.3 is 14.4 Å². The highest BCUT2D eigenvalue weighted by Gasteiger charge is 2.15. The van der Waals surface area contributed by atoms with Gasteiger partial charge in [-0.1, -0.05) is 12.1 Å². The Kier molecular flexibility index (Phi) is 6.44. The molecule has 1 aliphatic rings. The number of carbonyl (C=O) groups is 1. The molecule has 0 heterocycles. The predicted octanol–water partition coefficient (Wildman–Crippen LogP) is 3.58. The van der Waals surface area contributed by atoms with Crippen molar-refractivity contribution in [3.8, 4) is 11.8 Å². The second kappa shape index (κ2) is 8.78. The summed E-state index contributed by atoms with van der Waals surface area (Å²) in [6.07, 6.45) is 6.76. The van der Waals surface area contributed by atoms with Gasteiger partial charge in [-0.3, -0.25) is 4.79 Å². The molecule has 0 radical (unpaired) electrons. The summed E-state index contributed by atoms with van der Waals surface area (Å²) in [5.74, 6) is 0.350. The smallest absolute Gasteiger partial charge is 0.325 e. The van der Waals surface area contributed by atoms with Crippen LogP contribution in [0, 0.1) is 11.3 Å². The molecular formula is C19H22N2O3. The standard InChI is InChI=1S/C19H22N2O3/c1-3-24-19(22)14-21(17-9-6-10-18(11-17)23-2)13-16(12-20)15-7-4-5-8-15/h6-7,9-11,13H,3-5,8,14H2,1-2H3. The Morgan fingerprint density at radius 3 is 2.92 bits per heavy atom. The molecule has 1 aliphatic carbocycles. The molecule has 126 valence electrons. The van der Waals surface area contributed by atoms with Crippen LogP contribution in [0.3, 0.4) is 0 Å². The molecule has 0 N–H and O–H groups in total. The maximum absolute atomic E-state index is 12.0. The van der Waals surface area contributed by atoms with Gasteiger partial charge in [-0.05, 0) is 43.9 Å². The maximum Gasteiger partial charge on any atom is 0.325 e. The summed E-state index contributed by atoms with van der Waals surface area (Å²) in [6.45, 7) is 2.14. The zero-order valence-corrected chi connectivity index (χ0v) is 14.1. The van der Waals surface area contributed by atoms with Crippen LogP contribution in [0.1, 0.15) is 26.2 Å². The minimum Gasteiger partial charge on any atom is -0.497 e. The van der Waals surface area contributed by atoms with Crippen LogP contribution in [0.25, 0.3) is 0 Å². The number of esters is 1. The maximum atomic E-state index is 12.0. The van der Waals surface area contributed by atoms with Crippen molar-refractivity contribution in [3.63, 3.8) is 0 Å². The van der Waals surface area contributed by atoms with Crippen molar-refractivity contribution in [3.05, 3.63) is 47.7 Å². The normalized spacial score (nSPS) is 13.9. The molecule has 5 nitrogen and oxygen atoms in total. The van der Waals surface area contributed by atoms with Gasteiger partial charge >= 0.3 is 5.97 Å². The quantitative estimate of drug-likeness (QED) is 0.566. The van der Waals surface area contributed by atoms with Crippen LogP contribution in [-0.2, 0) is 9.53 Å². The van der Waals surface area contributed by atoms with Crippen LogP contribution in [0.15, 0.2) is 47.7 Å². The number of rotatable bonds is 7. The molecule has 0 fully saturated rings. The van der Waals surface area contributed by atoms with Crippen LogP contribution in [-0.4, -0.2) is 26.2 Å². The van der Waals surface area contributed by atoms with Gasteiger partial charge in [0.15, 0.2) is 0 Å². The average molecular weight is 326 g/mol. The zero-order valence-electron chi connectivity index (χ0n) is 14.1. The minimum absolute atomic E-state index is 0.0411. The van der Waals surface area contributed by atoms with Crippen molar-refractivity contribution >= 4 is 11.7 Å². The molecule has 0 atom stereocenters. The molecule has 0 amide bonds. The number of nitriles is 1. The first-order valence-electron chi connectivity index (χ1n) is 8.05. The molecule has 2 rings (SSSR count). The highest BCUT2D eigenvalue weighted by atomic mass is 16.5. The fourth-order valence-electron chi connectivity index (χ4n) is 2.60. The van der Waals surface area contributed by atoms with E-state index in [1.165, 1.54) is 0 Å². The molecule has 0 saturated heterocycles. The number of allylic oxidation sites excluding steroid dienone is 3. The van der Waals surface area contributed by atoms with E-state index in [9.17, 15) is 10.1 Å². The number of methoxy groups -OCH3 is 1. The Balaban J connectivity index is 2.34. The predicted molar refractivity (Wildman–Crippen MR) is 92.6 cm³/mol. The van der Waals surface area contributed by atoms with Crippen molar-refractivity contribution < 1.29 is 14.3 Å². The molecule has 0 unspecified atom stereocenters. The van der Waals surface area contributed by atoms with Crippen LogP contribution in [0.4, 0.5) is 5.69 Å². The average Bonchev–Trinajstić information content (AvgIpc) is 3.13. The third-order valence-corrected chi connectivity index (χ3v) is 3.78. The second-order valence-corrected chi connectivity index (χ2v) is 5.41. The van der Waals surface area contributed by atoms with E-state index in [0.29, 0.717) is 17.9 Å². The minimum atomic E-state index is -0.339. The molecule has 1 aromatic rings. The van der Waals surface area contributed by atoms with E-state index >= 15 is 0 Å². The van der Waals surface area contributed by atoms with Gasteiger partial charge in [-0.15, -0.1) is 0 Å². The Labute approximate surface area is 142 Å². The molecule has 0 bridgehead atoms. The van der Waals surface area contributed by atoms with Crippen molar-refractivity contribution in [2.75, 3.05) is 25.2 Å². The van der Waals surface area contributed by atoms with E-state index in [4.69, 9.17) is 9.47 Å². The van der Waals surface area contributed by atoms with Crippen LogP contribution < -0.4 is 9.64 Å². The number of hydrogen-bond acceptors (Lipinski definition) is 5. The monoisotopic (exact) mass is 326 g/mol. The third kappa shape index (κ3) is 4.63. The Morgan fingerprint density at radius 1 is 1.46 bits per heavy atom. The fraction of sp³-hybridized carbons (Fsp3) is 0.368.